The van der Waals surface area contributed by atoms with Gasteiger partial charge >= 0.3 is 0 Å². The molecule has 0 aliphatic carbocycles. The van der Waals surface area contributed by atoms with E-state index in [1.807, 2.05) is 23.9 Å². The maximum absolute atomic E-state index is 9.26. The van der Waals surface area contributed by atoms with Gasteiger partial charge in [0.2, 0.25) is 0 Å². The molecule has 0 aliphatic rings. The Morgan fingerprint density at radius 2 is 1.88 bits per heavy atom. The molecule has 0 aromatic carbocycles. The lowest BCUT2D eigenvalue weighted by atomic mass is 9.87. The van der Waals surface area contributed by atoms with E-state index in [9.17, 15) is 10.2 Å². The molecule has 0 saturated heterocycles. The van der Waals surface area contributed by atoms with E-state index in [-0.39, 0.29) is 13.2 Å². The molecule has 0 radical (unpaired) electrons. The van der Waals surface area contributed by atoms with E-state index in [1.54, 1.807) is 0 Å². The first-order valence-electron chi connectivity index (χ1n) is 6.34. The average molecular weight is 240 g/mol. The van der Waals surface area contributed by atoms with Crippen molar-refractivity contribution < 1.29 is 10.2 Å². The van der Waals surface area contributed by atoms with Gasteiger partial charge in [0, 0.05) is 18.0 Å². The number of nitrogens with zero attached hydrogens (tertiary/aromatic N) is 2. The van der Waals surface area contributed by atoms with Crippen molar-refractivity contribution in [3.63, 3.8) is 0 Å². The van der Waals surface area contributed by atoms with Crippen LogP contribution in [0.4, 0.5) is 0 Å². The fourth-order valence-corrected chi connectivity index (χ4v) is 1.94. The summed E-state index contributed by atoms with van der Waals surface area (Å²) in [6.07, 6.45) is 4.72. The van der Waals surface area contributed by atoms with Crippen LogP contribution in [0.15, 0.2) is 12.3 Å². The summed E-state index contributed by atoms with van der Waals surface area (Å²) in [5, 5.41) is 23.0. The zero-order valence-electron chi connectivity index (χ0n) is 11.1. The maximum Gasteiger partial charge on any atom is 0.0631 e. The standard InChI is InChI=1S/C13H24N2O2/c1-4-12(5-2)15-7-6-11(14-15)8-13(3,9-16)10-17/h6-7,12,16-17H,4-5,8-10H2,1-3H3. The number of aliphatic hydroxyl groups is 2. The van der Waals surface area contributed by atoms with Crippen molar-refractivity contribution in [3.05, 3.63) is 18.0 Å². The SMILES string of the molecule is CCC(CC)n1ccc(CC(C)(CO)CO)n1. The third kappa shape index (κ3) is 3.54. The third-order valence-corrected chi connectivity index (χ3v) is 3.35. The van der Waals surface area contributed by atoms with Crippen molar-refractivity contribution in [2.45, 2.75) is 46.1 Å². The number of hydrogen-bond acceptors (Lipinski definition) is 3. The monoisotopic (exact) mass is 240 g/mol. The minimum atomic E-state index is -0.479. The number of aromatic nitrogens is 2. The van der Waals surface area contributed by atoms with Gasteiger partial charge in [-0.25, -0.2) is 0 Å². The molecule has 17 heavy (non-hydrogen) atoms. The van der Waals surface area contributed by atoms with Crippen molar-refractivity contribution in [3.8, 4) is 0 Å². The van der Waals surface area contributed by atoms with Gasteiger partial charge in [-0.1, -0.05) is 20.8 Å². The van der Waals surface area contributed by atoms with Crippen molar-refractivity contribution in [1.29, 1.82) is 0 Å². The molecule has 1 aromatic rings. The van der Waals surface area contributed by atoms with Gasteiger partial charge in [0.15, 0.2) is 0 Å². The second-order valence-corrected chi connectivity index (χ2v) is 5.06. The fraction of sp³-hybridized carbons (Fsp3) is 0.769. The second kappa shape index (κ2) is 6.17. The molecule has 0 atom stereocenters. The summed E-state index contributed by atoms with van der Waals surface area (Å²) in [5.41, 5.74) is 0.454. The predicted octanol–water partition coefficient (Wildman–Crippen LogP) is 1.78. The van der Waals surface area contributed by atoms with Crippen LogP contribution < -0.4 is 0 Å². The molecule has 1 rings (SSSR count). The molecule has 0 fully saturated rings. The van der Waals surface area contributed by atoms with Crippen LogP contribution in [0.3, 0.4) is 0 Å². The fourth-order valence-electron chi connectivity index (χ4n) is 1.94. The summed E-state index contributed by atoms with van der Waals surface area (Å²) < 4.78 is 1.99. The number of aliphatic hydroxyl groups excluding tert-OH is 2. The Labute approximate surface area is 103 Å². The molecule has 1 aromatic heterocycles. The highest BCUT2D eigenvalue weighted by atomic mass is 16.3. The lowest BCUT2D eigenvalue weighted by Gasteiger charge is -2.23. The van der Waals surface area contributed by atoms with Crippen molar-refractivity contribution in [2.24, 2.45) is 5.41 Å². The minimum Gasteiger partial charge on any atom is -0.396 e. The normalized spacial score (nSPS) is 12.4. The van der Waals surface area contributed by atoms with E-state index in [0.29, 0.717) is 12.5 Å². The van der Waals surface area contributed by atoms with Gasteiger partial charge in [0.05, 0.1) is 24.9 Å². The molecule has 0 amide bonds. The van der Waals surface area contributed by atoms with Gasteiger partial charge in [0.25, 0.3) is 0 Å². The Morgan fingerprint density at radius 1 is 1.29 bits per heavy atom. The van der Waals surface area contributed by atoms with E-state index in [2.05, 4.69) is 18.9 Å². The van der Waals surface area contributed by atoms with Gasteiger partial charge in [-0.2, -0.15) is 5.10 Å². The van der Waals surface area contributed by atoms with Crippen LogP contribution in [-0.4, -0.2) is 33.2 Å². The quantitative estimate of drug-likeness (QED) is 0.763. The van der Waals surface area contributed by atoms with Crippen molar-refractivity contribution in [1.82, 2.24) is 9.78 Å². The van der Waals surface area contributed by atoms with Gasteiger partial charge in [-0.3, -0.25) is 4.68 Å². The van der Waals surface area contributed by atoms with E-state index in [1.165, 1.54) is 0 Å². The zero-order chi connectivity index (χ0) is 12.9. The second-order valence-electron chi connectivity index (χ2n) is 5.06. The summed E-state index contributed by atoms with van der Waals surface area (Å²) in [6, 6.07) is 2.42. The highest BCUT2D eigenvalue weighted by Gasteiger charge is 2.24. The molecule has 0 aliphatic heterocycles. The molecule has 0 saturated carbocycles. The van der Waals surface area contributed by atoms with E-state index < -0.39 is 5.41 Å². The zero-order valence-corrected chi connectivity index (χ0v) is 11.1. The summed E-state index contributed by atoms with van der Waals surface area (Å²) in [6.45, 7) is 6.12. The molecule has 0 spiro atoms. The number of rotatable bonds is 7. The van der Waals surface area contributed by atoms with Crippen molar-refractivity contribution >= 4 is 0 Å². The van der Waals surface area contributed by atoms with E-state index >= 15 is 0 Å². The van der Waals surface area contributed by atoms with Crippen LogP contribution in [0.1, 0.15) is 45.3 Å². The molecule has 98 valence electrons. The molecular weight excluding hydrogens is 216 g/mol. The largest absolute Gasteiger partial charge is 0.396 e. The van der Waals surface area contributed by atoms with Crippen LogP contribution in [0.5, 0.6) is 0 Å². The minimum absolute atomic E-state index is 0.0264. The maximum atomic E-state index is 9.26. The van der Waals surface area contributed by atoms with Crippen LogP contribution in [0.25, 0.3) is 0 Å². The van der Waals surface area contributed by atoms with Crippen LogP contribution in [0.2, 0.25) is 0 Å². The first-order chi connectivity index (χ1) is 8.08. The predicted molar refractivity (Wildman–Crippen MR) is 67.8 cm³/mol. The van der Waals surface area contributed by atoms with E-state index in [4.69, 9.17) is 0 Å². The van der Waals surface area contributed by atoms with Gasteiger partial charge in [-0.15, -0.1) is 0 Å². The first kappa shape index (κ1) is 14.2. The van der Waals surface area contributed by atoms with Gasteiger partial charge in [0.1, 0.15) is 0 Å². The summed E-state index contributed by atoms with van der Waals surface area (Å²) >= 11 is 0. The Kier molecular flexibility index (Phi) is 5.15. The molecule has 2 N–H and O–H groups in total. The third-order valence-electron chi connectivity index (χ3n) is 3.35. The molecule has 0 unspecified atom stereocenters. The molecule has 4 heteroatoms. The van der Waals surface area contributed by atoms with Gasteiger partial charge in [-0.05, 0) is 18.9 Å². The number of hydrogen-bond donors (Lipinski definition) is 2. The Balaban J connectivity index is 2.74. The van der Waals surface area contributed by atoms with E-state index in [0.717, 1.165) is 18.5 Å². The highest BCUT2D eigenvalue weighted by Crippen LogP contribution is 2.21. The van der Waals surface area contributed by atoms with Crippen molar-refractivity contribution in [2.75, 3.05) is 13.2 Å². The lowest BCUT2D eigenvalue weighted by Crippen LogP contribution is -2.28. The van der Waals surface area contributed by atoms with Gasteiger partial charge < -0.3 is 10.2 Å². The van der Waals surface area contributed by atoms with Crippen LogP contribution in [-0.2, 0) is 6.42 Å². The summed E-state index contributed by atoms with van der Waals surface area (Å²) in [7, 11) is 0. The Hall–Kier alpha value is -0.870. The molecule has 4 nitrogen and oxygen atoms in total. The Bertz CT molecular complexity index is 328. The average Bonchev–Trinajstić information content (AvgIpc) is 2.79. The molecule has 1 heterocycles. The van der Waals surface area contributed by atoms with Crippen LogP contribution >= 0.6 is 0 Å². The molecule has 0 bridgehead atoms. The summed E-state index contributed by atoms with van der Waals surface area (Å²) in [4.78, 5) is 0. The van der Waals surface area contributed by atoms with Crippen LogP contribution in [0, 0.1) is 5.41 Å². The topological polar surface area (TPSA) is 58.3 Å². The lowest BCUT2D eigenvalue weighted by molar-refractivity contribution is 0.0694. The Morgan fingerprint density at radius 3 is 2.35 bits per heavy atom. The first-order valence-corrected chi connectivity index (χ1v) is 6.34. The molecular formula is C13H24N2O2. The summed E-state index contributed by atoms with van der Waals surface area (Å²) in [5.74, 6) is 0. The highest BCUT2D eigenvalue weighted by molar-refractivity contribution is 5.03. The smallest absolute Gasteiger partial charge is 0.0631 e.